The Labute approximate surface area is 126 Å². The lowest BCUT2D eigenvalue weighted by atomic mass is 10.1. The Morgan fingerprint density at radius 1 is 0.857 bits per heavy atom. The van der Waals surface area contributed by atoms with E-state index in [1.807, 2.05) is 26.0 Å². The maximum absolute atomic E-state index is 12.6. The van der Waals surface area contributed by atoms with Crippen molar-refractivity contribution in [2.75, 3.05) is 10.5 Å². The summed E-state index contributed by atoms with van der Waals surface area (Å²) < 4.78 is 27.8. The molecule has 0 radical (unpaired) electrons. The third-order valence-corrected chi connectivity index (χ3v) is 5.20. The molecule has 2 rings (SSSR count). The minimum Gasteiger partial charge on any atom is -0.399 e. The van der Waals surface area contributed by atoms with Gasteiger partial charge in [-0.25, -0.2) is 8.42 Å². The molecule has 0 saturated carbocycles. The van der Waals surface area contributed by atoms with E-state index < -0.39 is 10.0 Å². The lowest BCUT2D eigenvalue weighted by Gasteiger charge is -2.14. The van der Waals surface area contributed by atoms with Gasteiger partial charge in [-0.05, 0) is 74.2 Å². The molecule has 0 amide bonds. The van der Waals surface area contributed by atoms with Crippen LogP contribution in [0.3, 0.4) is 0 Å². The van der Waals surface area contributed by atoms with E-state index in [0.29, 0.717) is 22.5 Å². The molecular formula is C16H20N2O2S. The topological polar surface area (TPSA) is 72.2 Å². The second-order valence-corrected chi connectivity index (χ2v) is 7.01. The minimum atomic E-state index is -3.63. The zero-order valence-electron chi connectivity index (χ0n) is 12.7. The molecule has 112 valence electrons. The molecule has 3 N–H and O–H groups in total. The summed E-state index contributed by atoms with van der Waals surface area (Å²) in [4.78, 5) is 0.287. The van der Waals surface area contributed by atoms with Crippen LogP contribution in [0.15, 0.2) is 35.2 Å². The van der Waals surface area contributed by atoms with Gasteiger partial charge in [-0.3, -0.25) is 4.72 Å². The first kappa shape index (κ1) is 15.4. The molecule has 4 nitrogen and oxygen atoms in total. The molecular weight excluding hydrogens is 284 g/mol. The number of nitrogen functional groups attached to an aromatic ring is 1. The summed E-state index contributed by atoms with van der Waals surface area (Å²) in [6.07, 6.45) is 0. The molecule has 0 unspecified atom stereocenters. The van der Waals surface area contributed by atoms with Crippen LogP contribution >= 0.6 is 0 Å². The lowest BCUT2D eigenvalue weighted by Crippen LogP contribution is -2.16. The van der Waals surface area contributed by atoms with Gasteiger partial charge in [-0.1, -0.05) is 6.07 Å². The van der Waals surface area contributed by atoms with Gasteiger partial charge in [0.05, 0.1) is 4.90 Å². The second-order valence-electron chi connectivity index (χ2n) is 5.39. The lowest BCUT2D eigenvalue weighted by molar-refractivity contribution is 0.600. The largest absolute Gasteiger partial charge is 0.399 e. The van der Waals surface area contributed by atoms with Gasteiger partial charge in [-0.2, -0.15) is 0 Å². The summed E-state index contributed by atoms with van der Waals surface area (Å²) in [6.45, 7) is 7.44. The maximum atomic E-state index is 12.6. The number of nitrogens with one attached hydrogen (secondary N) is 1. The van der Waals surface area contributed by atoms with Gasteiger partial charge in [0.25, 0.3) is 10.0 Å². The fourth-order valence-electron chi connectivity index (χ4n) is 2.42. The molecule has 0 aliphatic heterocycles. The third kappa shape index (κ3) is 3.19. The quantitative estimate of drug-likeness (QED) is 0.855. The fraction of sp³-hybridized carbons (Fsp3) is 0.250. The Morgan fingerprint density at radius 3 is 1.95 bits per heavy atom. The van der Waals surface area contributed by atoms with Crippen LogP contribution in [-0.4, -0.2) is 8.42 Å². The molecule has 0 bridgehead atoms. The molecule has 0 aliphatic rings. The molecule has 0 aliphatic carbocycles. The molecule has 0 saturated heterocycles. The van der Waals surface area contributed by atoms with Crippen LogP contribution in [-0.2, 0) is 10.0 Å². The van der Waals surface area contributed by atoms with E-state index >= 15 is 0 Å². The fourth-order valence-corrected chi connectivity index (χ4v) is 3.92. The Bertz CT molecular complexity index is 773. The van der Waals surface area contributed by atoms with E-state index in [0.717, 1.165) is 11.1 Å². The number of anilines is 2. The third-order valence-electron chi connectivity index (χ3n) is 3.51. The molecule has 0 atom stereocenters. The first-order chi connectivity index (χ1) is 9.70. The average molecular weight is 304 g/mol. The van der Waals surface area contributed by atoms with E-state index in [1.165, 1.54) is 0 Å². The second kappa shape index (κ2) is 5.41. The van der Waals surface area contributed by atoms with Crippen molar-refractivity contribution in [2.45, 2.75) is 32.6 Å². The summed E-state index contributed by atoms with van der Waals surface area (Å²) in [7, 11) is -3.63. The van der Waals surface area contributed by atoms with Crippen molar-refractivity contribution in [3.8, 4) is 0 Å². The molecule has 2 aromatic rings. The molecule has 0 aromatic heterocycles. The Kier molecular flexibility index (Phi) is 3.96. The van der Waals surface area contributed by atoms with Gasteiger partial charge in [0, 0.05) is 11.4 Å². The van der Waals surface area contributed by atoms with Crippen molar-refractivity contribution < 1.29 is 8.42 Å². The van der Waals surface area contributed by atoms with Gasteiger partial charge in [0.2, 0.25) is 0 Å². The van der Waals surface area contributed by atoms with Crippen molar-refractivity contribution in [3.05, 3.63) is 52.6 Å². The predicted molar refractivity (Wildman–Crippen MR) is 87.1 cm³/mol. The highest BCUT2D eigenvalue weighted by Crippen LogP contribution is 2.26. The van der Waals surface area contributed by atoms with Gasteiger partial charge in [0.15, 0.2) is 0 Å². The first-order valence-electron chi connectivity index (χ1n) is 6.67. The van der Waals surface area contributed by atoms with Crippen molar-refractivity contribution in [1.82, 2.24) is 0 Å². The number of aryl methyl sites for hydroxylation is 4. The highest BCUT2D eigenvalue weighted by Gasteiger charge is 2.20. The average Bonchev–Trinajstić information content (AvgIpc) is 2.31. The van der Waals surface area contributed by atoms with Gasteiger partial charge in [0.1, 0.15) is 0 Å². The van der Waals surface area contributed by atoms with Crippen molar-refractivity contribution in [1.29, 1.82) is 0 Å². The van der Waals surface area contributed by atoms with Crippen molar-refractivity contribution in [2.24, 2.45) is 0 Å². The zero-order valence-corrected chi connectivity index (χ0v) is 13.5. The highest BCUT2D eigenvalue weighted by molar-refractivity contribution is 7.92. The summed E-state index contributed by atoms with van der Waals surface area (Å²) in [6, 6.07) is 8.83. The molecule has 21 heavy (non-hydrogen) atoms. The van der Waals surface area contributed by atoms with E-state index in [2.05, 4.69) is 4.72 Å². The van der Waals surface area contributed by atoms with Crippen LogP contribution in [0, 0.1) is 27.7 Å². The van der Waals surface area contributed by atoms with Crippen LogP contribution in [0.1, 0.15) is 22.3 Å². The molecule has 5 heteroatoms. The summed E-state index contributed by atoms with van der Waals surface area (Å²) in [5, 5.41) is 0. The van der Waals surface area contributed by atoms with E-state index in [1.54, 1.807) is 32.0 Å². The van der Waals surface area contributed by atoms with Crippen molar-refractivity contribution in [3.63, 3.8) is 0 Å². The number of rotatable bonds is 3. The Balaban J connectivity index is 2.46. The van der Waals surface area contributed by atoms with Gasteiger partial charge < -0.3 is 5.73 Å². The summed E-state index contributed by atoms with van der Waals surface area (Å²) in [5.74, 6) is 0. The number of sulfonamides is 1. The first-order valence-corrected chi connectivity index (χ1v) is 8.16. The number of hydrogen-bond donors (Lipinski definition) is 2. The highest BCUT2D eigenvalue weighted by atomic mass is 32.2. The minimum absolute atomic E-state index is 0.287. The standard InChI is InChI=1S/C16H20N2O2S/c1-10-5-6-15(9-11(10)2)18-21(19,20)16-12(3)7-14(17)8-13(16)4/h5-9,18H,17H2,1-4H3. The van der Waals surface area contributed by atoms with Gasteiger partial charge in [-0.15, -0.1) is 0 Å². The van der Waals surface area contributed by atoms with Crippen LogP contribution in [0.5, 0.6) is 0 Å². The molecule has 0 heterocycles. The molecule has 2 aromatic carbocycles. The molecule has 0 fully saturated rings. The van der Waals surface area contributed by atoms with E-state index in [4.69, 9.17) is 5.73 Å². The van der Waals surface area contributed by atoms with Gasteiger partial charge >= 0.3 is 0 Å². The van der Waals surface area contributed by atoms with Crippen molar-refractivity contribution >= 4 is 21.4 Å². The summed E-state index contributed by atoms with van der Waals surface area (Å²) >= 11 is 0. The predicted octanol–water partition coefficient (Wildman–Crippen LogP) is 3.30. The SMILES string of the molecule is Cc1ccc(NS(=O)(=O)c2c(C)cc(N)cc2C)cc1C. The van der Waals surface area contributed by atoms with E-state index in [-0.39, 0.29) is 4.90 Å². The van der Waals surface area contributed by atoms with Crippen LogP contribution in [0.2, 0.25) is 0 Å². The van der Waals surface area contributed by atoms with Crippen LogP contribution in [0.4, 0.5) is 11.4 Å². The van der Waals surface area contributed by atoms with Crippen LogP contribution in [0.25, 0.3) is 0 Å². The van der Waals surface area contributed by atoms with E-state index in [9.17, 15) is 8.42 Å². The zero-order chi connectivity index (χ0) is 15.8. The number of hydrogen-bond acceptors (Lipinski definition) is 3. The Morgan fingerprint density at radius 2 is 1.43 bits per heavy atom. The number of benzene rings is 2. The maximum Gasteiger partial charge on any atom is 0.262 e. The smallest absolute Gasteiger partial charge is 0.262 e. The Hall–Kier alpha value is -2.01. The monoisotopic (exact) mass is 304 g/mol. The number of nitrogens with two attached hydrogens (primary N) is 1. The van der Waals surface area contributed by atoms with Crippen LogP contribution < -0.4 is 10.5 Å². The normalized spacial score (nSPS) is 11.4. The summed E-state index contributed by atoms with van der Waals surface area (Å²) in [5.41, 5.74) is 10.3. The molecule has 0 spiro atoms.